The number of hydrogen-bond donors (Lipinski definition) is 2. The van der Waals surface area contributed by atoms with Crippen LogP contribution in [0, 0.1) is 19.8 Å². The van der Waals surface area contributed by atoms with Crippen LogP contribution in [-0.4, -0.2) is 33.9 Å². The van der Waals surface area contributed by atoms with Gasteiger partial charge in [0.15, 0.2) is 0 Å². The summed E-state index contributed by atoms with van der Waals surface area (Å²) in [6, 6.07) is -0.00161. The number of nitrogens with zero attached hydrogens (tertiary/aromatic N) is 1. The minimum absolute atomic E-state index is 0.00161. The van der Waals surface area contributed by atoms with Crippen molar-refractivity contribution in [1.29, 1.82) is 0 Å². The average Bonchev–Trinajstić information content (AvgIpc) is 3.00. The van der Waals surface area contributed by atoms with Crippen LogP contribution in [0.15, 0.2) is 4.52 Å². The summed E-state index contributed by atoms with van der Waals surface area (Å²) in [6.45, 7) is 3.75. The number of nitrogens with one attached hydrogen (secondary N) is 1. The maximum absolute atomic E-state index is 11.9. The maximum Gasteiger partial charge on any atom is 0.306 e. The quantitative estimate of drug-likeness (QED) is 0.833. The highest BCUT2D eigenvalue weighted by atomic mass is 32.2. The molecule has 21 heavy (non-hydrogen) atoms. The number of aryl methyl sites for hydroxylation is 2. The Bertz CT molecular complexity index is 510. The van der Waals surface area contributed by atoms with E-state index in [4.69, 9.17) is 9.63 Å². The first-order chi connectivity index (χ1) is 9.97. The maximum atomic E-state index is 11.9. The fourth-order valence-electron chi connectivity index (χ4n) is 2.56. The lowest BCUT2D eigenvalue weighted by Gasteiger charge is -2.12. The highest BCUT2D eigenvalue weighted by molar-refractivity contribution is 7.99. The Hall–Kier alpha value is -1.50. The molecule has 0 unspecified atom stereocenters. The Morgan fingerprint density at radius 1 is 1.43 bits per heavy atom. The lowest BCUT2D eigenvalue weighted by Crippen LogP contribution is -2.34. The summed E-state index contributed by atoms with van der Waals surface area (Å²) in [4.78, 5) is 22.7. The summed E-state index contributed by atoms with van der Waals surface area (Å²) in [5.41, 5.74) is 1.90. The molecule has 2 N–H and O–H groups in total. The molecule has 1 saturated carbocycles. The number of carbonyl (C=O) groups is 2. The van der Waals surface area contributed by atoms with E-state index in [0.29, 0.717) is 24.3 Å². The van der Waals surface area contributed by atoms with Crippen molar-refractivity contribution in [2.24, 2.45) is 5.92 Å². The van der Waals surface area contributed by atoms with Crippen molar-refractivity contribution in [3.63, 3.8) is 0 Å². The number of rotatable bonds is 6. The lowest BCUT2D eigenvalue weighted by atomic mass is 10.1. The van der Waals surface area contributed by atoms with Gasteiger partial charge in [0, 0.05) is 17.4 Å². The van der Waals surface area contributed by atoms with Gasteiger partial charge >= 0.3 is 5.97 Å². The monoisotopic (exact) mass is 312 g/mol. The number of carboxylic acids is 1. The minimum atomic E-state index is -0.764. The van der Waals surface area contributed by atoms with E-state index in [1.807, 2.05) is 13.8 Å². The van der Waals surface area contributed by atoms with Gasteiger partial charge < -0.3 is 14.9 Å². The molecule has 1 heterocycles. The highest BCUT2D eigenvalue weighted by Crippen LogP contribution is 2.26. The molecule has 116 valence electrons. The molecule has 0 aromatic carbocycles. The Labute approximate surface area is 127 Å². The highest BCUT2D eigenvalue weighted by Gasteiger charge is 2.30. The molecule has 6 nitrogen and oxygen atoms in total. The van der Waals surface area contributed by atoms with Gasteiger partial charge in [-0.15, -0.1) is 11.8 Å². The number of amides is 1. The Morgan fingerprint density at radius 3 is 2.76 bits per heavy atom. The largest absolute Gasteiger partial charge is 0.481 e. The Balaban J connectivity index is 1.70. The first-order valence-corrected chi connectivity index (χ1v) is 8.14. The smallest absolute Gasteiger partial charge is 0.306 e. The number of carbonyl (C=O) groups excluding carboxylic acids is 1. The minimum Gasteiger partial charge on any atom is -0.481 e. The lowest BCUT2D eigenvalue weighted by molar-refractivity contribution is -0.141. The van der Waals surface area contributed by atoms with Crippen LogP contribution in [0.2, 0.25) is 0 Å². The van der Waals surface area contributed by atoms with E-state index >= 15 is 0 Å². The first-order valence-electron chi connectivity index (χ1n) is 6.99. The van der Waals surface area contributed by atoms with Crippen LogP contribution in [0.5, 0.6) is 0 Å². The standard InChI is InChI=1S/C14H20N2O4S/c1-8-12(9(2)20-16-8)6-21-7-13(17)15-11-4-3-10(5-11)14(18)19/h10-11H,3-7H2,1-2H3,(H,15,17)(H,18,19)/t10-,11+/m1/s1. The third kappa shape index (κ3) is 4.23. The molecule has 1 aromatic heterocycles. The molecular formula is C14H20N2O4S. The predicted octanol–water partition coefficient (Wildman–Crippen LogP) is 1.89. The van der Waals surface area contributed by atoms with E-state index in [0.717, 1.165) is 23.4 Å². The third-order valence-electron chi connectivity index (χ3n) is 3.81. The number of thioether (sulfide) groups is 1. The van der Waals surface area contributed by atoms with Crippen LogP contribution in [-0.2, 0) is 15.3 Å². The zero-order valence-electron chi connectivity index (χ0n) is 12.2. The zero-order valence-corrected chi connectivity index (χ0v) is 13.0. The first kappa shape index (κ1) is 15.9. The molecular weight excluding hydrogens is 292 g/mol. The van der Waals surface area contributed by atoms with Crippen LogP contribution in [0.3, 0.4) is 0 Å². The molecule has 2 atom stereocenters. The SMILES string of the molecule is Cc1noc(C)c1CSCC(=O)N[C@H]1CC[C@@H](C(=O)O)C1. The molecule has 2 rings (SSSR count). The fraction of sp³-hybridized carbons (Fsp3) is 0.643. The summed E-state index contributed by atoms with van der Waals surface area (Å²) in [6.07, 6.45) is 1.93. The van der Waals surface area contributed by atoms with Crippen LogP contribution in [0.1, 0.15) is 36.3 Å². The van der Waals surface area contributed by atoms with Crippen molar-refractivity contribution < 1.29 is 19.2 Å². The summed E-state index contributed by atoms with van der Waals surface area (Å²) >= 11 is 1.51. The van der Waals surface area contributed by atoms with Crippen molar-refractivity contribution in [2.75, 3.05) is 5.75 Å². The van der Waals surface area contributed by atoms with Gasteiger partial charge in [0.1, 0.15) is 5.76 Å². The molecule has 7 heteroatoms. The normalized spacial score (nSPS) is 21.4. The van der Waals surface area contributed by atoms with E-state index in [1.54, 1.807) is 0 Å². The Morgan fingerprint density at radius 2 is 2.19 bits per heavy atom. The van der Waals surface area contributed by atoms with Gasteiger partial charge in [-0.05, 0) is 33.1 Å². The molecule has 1 amide bonds. The molecule has 1 fully saturated rings. The van der Waals surface area contributed by atoms with E-state index in [9.17, 15) is 9.59 Å². The number of aromatic nitrogens is 1. The van der Waals surface area contributed by atoms with E-state index in [-0.39, 0.29) is 17.9 Å². The van der Waals surface area contributed by atoms with E-state index in [2.05, 4.69) is 10.5 Å². The van der Waals surface area contributed by atoms with Crippen LogP contribution >= 0.6 is 11.8 Å². The van der Waals surface area contributed by atoms with Gasteiger partial charge in [0.25, 0.3) is 0 Å². The van der Waals surface area contributed by atoms with Crippen LogP contribution in [0.25, 0.3) is 0 Å². The fourth-order valence-corrected chi connectivity index (χ4v) is 3.55. The van der Waals surface area contributed by atoms with Crippen LogP contribution < -0.4 is 5.32 Å². The summed E-state index contributed by atoms with van der Waals surface area (Å²) in [7, 11) is 0. The molecule has 0 radical (unpaired) electrons. The molecule has 1 aromatic rings. The van der Waals surface area contributed by atoms with E-state index < -0.39 is 5.97 Å². The Kier molecular flexibility index (Phi) is 5.27. The molecule has 0 saturated heterocycles. The van der Waals surface area contributed by atoms with Gasteiger partial charge in [-0.1, -0.05) is 5.16 Å². The molecule has 0 spiro atoms. The number of aliphatic carboxylic acids is 1. The van der Waals surface area contributed by atoms with Gasteiger partial charge in [0.05, 0.1) is 17.4 Å². The number of hydrogen-bond acceptors (Lipinski definition) is 5. The second-order valence-corrected chi connectivity index (χ2v) is 6.39. The summed E-state index contributed by atoms with van der Waals surface area (Å²) < 4.78 is 5.08. The van der Waals surface area contributed by atoms with Crippen LogP contribution in [0.4, 0.5) is 0 Å². The second kappa shape index (κ2) is 6.98. The second-order valence-electron chi connectivity index (χ2n) is 5.41. The molecule has 0 aliphatic heterocycles. The van der Waals surface area contributed by atoms with Crippen molar-refractivity contribution in [2.45, 2.75) is 44.9 Å². The topological polar surface area (TPSA) is 92.4 Å². The van der Waals surface area contributed by atoms with Crippen molar-refractivity contribution in [1.82, 2.24) is 10.5 Å². The summed E-state index contributed by atoms with van der Waals surface area (Å²) in [5.74, 6) is 0.725. The van der Waals surface area contributed by atoms with Gasteiger partial charge in [0.2, 0.25) is 5.91 Å². The average molecular weight is 312 g/mol. The third-order valence-corrected chi connectivity index (χ3v) is 4.77. The molecule has 1 aliphatic rings. The summed E-state index contributed by atoms with van der Waals surface area (Å²) in [5, 5.41) is 15.7. The zero-order chi connectivity index (χ0) is 15.4. The van der Waals surface area contributed by atoms with E-state index in [1.165, 1.54) is 11.8 Å². The van der Waals surface area contributed by atoms with Gasteiger partial charge in [-0.25, -0.2) is 0 Å². The molecule has 0 bridgehead atoms. The van der Waals surface area contributed by atoms with Gasteiger partial charge in [-0.3, -0.25) is 9.59 Å². The molecule has 1 aliphatic carbocycles. The van der Waals surface area contributed by atoms with Crippen molar-refractivity contribution in [3.8, 4) is 0 Å². The van der Waals surface area contributed by atoms with Gasteiger partial charge in [-0.2, -0.15) is 0 Å². The van der Waals surface area contributed by atoms with Crippen molar-refractivity contribution >= 4 is 23.6 Å². The predicted molar refractivity (Wildman–Crippen MR) is 79.0 cm³/mol. The van der Waals surface area contributed by atoms with Crippen molar-refractivity contribution in [3.05, 3.63) is 17.0 Å². The number of carboxylic acid groups (broad SMARTS) is 1.